The number of Topliss-reactive ketones (excluding diaryl/α,β-unsaturated/α-hetero) is 1. The van der Waals surface area contributed by atoms with E-state index in [2.05, 4.69) is 16.0 Å². The van der Waals surface area contributed by atoms with E-state index in [-0.39, 0.29) is 47.4 Å². The lowest BCUT2D eigenvalue weighted by Crippen LogP contribution is -2.59. The molecule has 3 fully saturated rings. The van der Waals surface area contributed by atoms with E-state index in [0.29, 0.717) is 18.9 Å². The molecular weight excluding hydrogens is 472 g/mol. The minimum absolute atomic E-state index is 0.0526. The predicted octanol–water partition coefficient (Wildman–Crippen LogP) is 2.03. The highest BCUT2D eigenvalue weighted by Gasteiger charge is 2.49. The van der Waals surface area contributed by atoms with Crippen molar-refractivity contribution in [2.75, 3.05) is 6.54 Å². The Labute approximate surface area is 221 Å². The summed E-state index contributed by atoms with van der Waals surface area (Å²) in [6.07, 6.45) is 4.14. The standard InChI is InChI=1S/C28H46N4O5/c1-14(2)21-17(7)13-32(28(37)22(15(3)4)31-25(34)16(5)6)23(21)26(35)30-20(12-18-8-9-18)24(33)27(36)29-19-10-11-19/h14-23H,8-13H2,1-7H3,(H,29,36)(H,30,35)(H,31,34)/t17-,20?,21-,22-,23-/m0/s1. The van der Waals surface area contributed by atoms with E-state index < -0.39 is 35.7 Å². The fraction of sp³-hybridized carbons (Fsp3) is 0.821. The van der Waals surface area contributed by atoms with Crippen LogP contribution in [-0.2, 0) is 24.0 Å². The number of amides is 4. The van der Waals surface area contributed by atoms with Crippen LogP contribution in [0.15, 0.2) is 0 Å². The number of nitrogens with one attached hydrogen (secondary N) is 3. The van der Waals surface area contributed by atoms with Gasteiger partial charge in [-0.1, -0.05) is 61.3 Å². The molecule has 9 heteroatoms. The summed E-state index contributed by atoms with van der Waals surface area (Å²) >= 11 is 0. The highest BCUT2D eigenvalue weighted by molar-refractivity contribution is 6.38. The average molecular weight is 519 g/mol. The van der Waals surface area contributed by atoms with Gasteiger partial charge in [-0.25, -0.2) is 0 Å². The number of likely N-dealkylation sites (tertiary alicyclic amines) is 1. The fourth-order valence-corrected chi connectivity index (χ4v) is 5.46. The highest BCUT2D eigenvalue weighted by Crippen LogP contribution is 2.37. The zero-order chi connectivity index (χ0) is 27.6. The Morgan fingerprint density at radius 2 is 1.51 bits per heavy atom. The van der Waals surface area contributed by atoms with Crippen LogP contribution in [0.3, 0.4) is 0 Å². The number of carbonyl (C=O) groups excluding carboxylic acids is 5. The largest absolute Gasteiger partial charge is 0.347 e. The molecule has 37 heavy (non-hydrogen) atoms. The summed E-state index contributed by atoms with van der Waals surface area (Å²) in [6.45, 7) is 13.8. The van der Waals surface area contributed by atoms with Gasteiger partial charge in [0.15, 0.2) is 0 Å². The highest BCUT2D eigenvalue weighted by atomic mass is 16.2. The normalized spacial score (nSPS) is 25.2. The molecule has 0 aromatic heterocycles. The van der Waals surface area contributed by atoms with Crippen LogP contribution < -0.4 is 16.0 Å². The lowest BCUT2D eigenvalue weighted by atomic mass is 9.82. The van der Waals surface area contributed by atoms with Crippen molar-refractivity contribution >= 4 is 29.4 Å². The van der Waals surface area contributed by atoms with E-state index in [1.807, 2.05) is 34.6 Å². The summed E-state index contributed by atoms with van der Waals surface area (Å²) in [7, 11) is 0. The number of ketones is 1. The van der Waals surface area contributed by atoms with Crippen molar-refractivity contribution in [1.82, 2.24) is 20.9 Å². The number of carbonyl (C=O) groups is 5. The van der Waals surface area contributed by atoms with E-state index in [9.17, 15) is 24.0 Å². The quantitative estimate of drug-likeness (QED) is 0.341. The first-order valence-electron chi connectivity index (χ1n) is 14.1. The van der Waals surface area contributed by atoms with Gasteiger partial charge in [-0.05, 0) is 48.9 Å². The zero-order valence-corrected chi connectivity index (χ0v) is 23.5. The molecule has 208 valence electrons. The second kappa shape index (κ2) is 11.9. The van der Waals surface area contributed by atoms with E-state index in [1.165, 1.54) is 0 Å². The maximum atomic E-state index is 13.8. The van der Waals surface area contributed by atoms with Crippen LogP contribution in [-0.4, -0.2) is 65.0 Å². The molecule has 1 aliphatic heterocycles. The smallest absolute Gasteiger partial charge is 0.289 e. The van der Waals surface area contributed by atoms with Crippen molar-refractivity contribution in [2.45, 2.75) is 105 Å². The number of hydrogen-bond donors (Lipinski definition) is 3. The molecule has 1 heterocycles. The van der Waals surface area contributed by atoms with Gasteiger partial charge in [-0.15, -0.1) is 0 Å². The van der Waals surface area contributed by atoms with E-state index in [0.717, 1.165) is 25.7 Å². The summed E-state index contributed by atoms with van der Waals surface area (Å²) in [6, 6.07) is -2.38. The van der Waals surface area contributed by atoms with Gasteiger partial charge in [0.25, 0.3) is 5.91 Å². The van der Waals surface area contributed by atoms with Gasteiger partial charge in [0.2, 0.25) is 23.5 Å². The van der Waals surface area contributed by atoms with Gasteiger partial charge in [0.1, 0.15) is 12.1 Å². The van der Waals surface area contributed by atoms with Gasteiger partial charge in [-0.3, -0.25) is 24.0 Å². The maximum absolute atomic E-state index is 13.8. The molecule has 1 saturated heterocycles. The van der Waals surface area contributed by atoms with E-state index in [4.69, 9.17) is 0 Å². The molecule has 3 rings (SSSR count). The molecule has 0 aromatic carbocycles. The van der Waals surface area contributed by atoms with Crippen LogP contribution in [0, 0.1) is 35.5 Å². The third-order valence-electron chi connectivity index (χ3n) is 7.95. The third-order valence-corrected chi connectivity index (χ3v) is 7.95. The van der Waals surface area contributed by atoms with Crippen LogP contribution >= 0.6 is 0 Å². The summed E-state index contributed by atoms with van der Waals surface area (Å²) < 4.78 is 0. The molecule has 2 aliphatic carbocycles. The van der Waals surface area contributed by atoms with Crippen molar-refractivity contribution < 1.29 is 24.0 Å². The number of rotatable bonds is 12. The minimum Gasteiger partial charge on any atom is -0.347 e. The molecule has 0 spiro atoms. The van der Waals surface area contributed by atoms with Gasteiger partial charge in [0, 0.05) is 18.5 Å². The maximum Gasteiger partial charge on any atom is 0.289 e. The molecule has 0 aromatic rings. The molecular formula is C28H46N4O5. The lowest BCUT2D eigenvalue weighted by Gasteiger charge is -2.34. The van der Waals surface area contributed by atoms with Crippen LogP contribution in [0.25, 0.3) is 0 Å². The van der Waals surface area contributed by atoms with Crippen LogP contribution in [0.1, 0.15) is 80.6 Å². The molecule has 4 amide bonds. The van der Waals surface area contributed by atoms with Crippen molar-refractivity contribution in [3.05, 3.63) is 0 Å². The molecule has 1 unspecified atom stereocenters. The third kappa shape index (κ3) is 7.32. The fourth-order valence-electron chi connectivity index (χ4n) is 5.46. The second-order valence-electron chi connectivity index (χ2n) is 12.5. The van der Waals surface area contributed by atoms with Crippen molar-refractivity contribution in [3.8, 4) is 0 Å². The molecule has 9 nitrogen and oxygen atoms in total. The van der Waals surface area contributed by atoms with E-state index >= 15 is 0 Å². The van der Waals surface area contributed by atoms with Crippen LogP contribution in [0.2, 0.25) is 0 Å². The Morgan fingerprint density at radius 1 is 0.892 bits per heavy atom. The first-order chi connectivity index (χ1) is 17.3. The summed E-state index contributed by atoms with van der Waals surface area (Å²) in [4.78, 5) is 67.3. The van der Waals surface area contributed by atoms with Crippen molar-refractivity contribution in [3.63, 3.8) is 0 Å². The van der Waals surface area contributed by atoms with Crippen molar-refractivity contribution in [2.24, 2.45) is 35.5 Å². The minimum atomic E-state index is -0.902. The predicted molar refractivity (Wildman–Crippen MR) is 140 cm³/mol. The Hall–Kier alpha value is -2.45. The average Bonchev–Trinajstić information content (AvgIpc) is 3.75. The number of hydrogen-bond acceptors (Lipinski definition) is 5. The first kappa shape index (κ1) is 29.1. The molecule has 0 radical (unpaired) electrons. The second-order valence-corrected chi connectivity index (χ2v) is 12.5. The SMILES string of the molecule is CC(C)C(=O)N[C@H](C(=O)N1C[C@H](C)[C@H](C(C)C)[C@H]1C(=O)NC(CC1CC1)C(=O)C(=O)NC1CC1)C(C)C. The van der Waals surface area contributed by atoms with Crippen LogP contribution in [0.5, 0.6) is 0 Å². The van der Waals surface area contributed by atoms with Gasteiger partial charge in [-0.2, -0.15) is 0 Å². The molecule has 2 saturated carbocycles. The zero-order valence-electron chi connectivity index (χ0n) is 23.5. The molecule has 0 bridgehead atoms. The van der Waals surface area contributed by atoms with Gasteiger partial charge in [0.05, 0.1) is 6.04 Å². The topological polar surface area (TPSA) is 125 Å². The van der Waals surface area contributed by atoms with Crippen molar-refractivity contribution in [1.29, 1.82) is 0 Å². The Balaban J connectivity index is 1.83. The summed E-state index contributed by atoms with van der Waals surface area (Å²) in [5, 5.41) is 8.51. The van der Waals surface area contributed by atoms with Gasteiger partial charge < -0.3 is 20.9 Å². The Kier molecular flexibility index (Phi) is 9.40. The molecule has 3 N–H and O–H groups in total. The Bertz CT molecular complexity index is 893. The molecule has 3 aliphatic rings. The summed E-state index contributed by atoms with van der Waals surface area (Å²) in [5.41, 5.74) is 0. The van der Waals surface area contributed by atoms with E-state index in [1.54, 1.807) is 18.7 Å². The number of nitrogens with zero attached hydrogens (tertiary/aromatic N) is 1. The lowest BCUT2D eigenvalue weighted by molar-refractivity contribution is -0.145. The summed E-state index contributed by atoms with van der Waals surface area (Å²) in [5.74, 6) is -2.20. The molecule has 5 atom stereocenters. The van der Waals surface area contributed by atoms with Crippen LogP contribution in [0.4, 0.5) is 0 Å². The monoisotopic (exact) mass is 518 g/mol. The first-order valence-corrected chi connectivity index (χ1v) is 14.1. The van der Waals surface area contributed by atoms with Gasteiger partial charge >= 0.3 is 0 Å². The Morgan fingerprint density at radius 3 is 2.00 bits per heavy atom.